The smallest absolute Gasteiger partial charge is 0.338 e. The van der Waals surface area contributed by atoms with Gasteiger partial charge in [-0.2, -0.15) is 0 Å². The van der Waals surface area contributed by atoms with Crippen LogP contribution in [0.1, 0.15) is 21.5 Å². The Kier molecular flexibility index (Phi) is 4.39. The maximum Gasteiger partial charge on any atom is 0.338 e. The first kappa shape index (κ1) is 14.5. The van der Waals surface area contributed by atoms with E-state index in [9.17, 15) is 9.18 Å². The Morgan fingerprint density at radius 3 is 2.80 bits per heavy atom. The molecule has 0 unspecified atom stereocenters. The summed E-state index contributed by atoms with van der Waals surface area (Å²) < 4.78 is 18.8. The second kappa shape index (κ2) is 6.05. The number of carbonyl (C=O) groups excluding carboxylic acids is 1. The fraction of sp³-hybridized carbons (Fsp3) is 0.133. The third kappa shape index (κ3) is 3.17. The third-order valence-electron chi connectivity index (χ3n) is 2.91. The van der Waals surface area contributed by atoms with Crippen LogP contribution in [0.15, 0.2) is 40.9 Å². The van der Waals surface area contributed by atoms with Crippen molar-refractivity contribution in [2.24, 2.45) is 0 Å². The molecule has 0 saturated heterocycles. The summed E-state index contributed by atoms with van der Waals surface area (Å²) in [5, 5.41) is 0. The average molecular weight is 338 g/mol. The van der Waals surface area contributed by atoms with E-state index >= 15 is 0 Å². The highest BCUT2D eigenvalue weighted by molar-refractivity contribution is 9.10. The molecule has 20 heavy (non-hydrogen) atoms. The summed E-state index contributed by atoms with van der Waals surface area (Å²) >= 11 is 3.12. The predicted octanol–water partition coefficient (Wildman–Crippen LogP) is 3.84. The van der Waals surface area contributed by atoms with Gasteiger partial charge in [-0.05, 0) is 46.6 Å². The van der Waals surface area contributed by atoms with Crippen molar-refractivity contribution >= 4 is 27.6 Å². The number of esters is 1. The zero-order valence-electron chi connectivity index (χ0n) is 10.8. The van der Waals surface area contributed by atoms with E-state index in [4.69, 9.17) is 10.5 Å². The van der Waals surface area contributed by atoms with Crippen molar-refractivity contribution in [3.63, 3.8) is 0 Å². The van der Waals surface area contributed by atoms with Crippen LogP contribution in [0.5, 0.6) is 0 Å². The maximum atomic E-state index is 13.3. The lowest BCUT2D eigenvalue weighted by Crippen LogP contribution is -2.07. The van der Waals surface area contributed by atoms with E-state index < -0.39 is 11.8 Å². The molecule has 0 aliphatic rings. The molecule has 0 saturated carbocycles. The summed E-state index contributed by atoms with van der Waals surface area (Å²) in [5.74, 6) is -0.883. The van der Waals surface area contributed by atoms with Gasteiger partial charge in [0.1, 0.15) is 12.4 Å². The lowest BCUT2D eigenvalue weighted by atomic mass is 10.1. The summed E-state index contributed by atoms with van der Waals surface area (Å²) in [5.41, 5.74) is 8.12. The minimum atomic E-state index is -0.493. The molecule has 0 bridgehead atoms. The van der Waals surface area contributed by atoms with E-state index in [0.29, 0.717) is 21.3 Å². The first-order chi connectivity index (χ1) is 9.49. The molecule has 0 aromatic heterocycles. The fourth-order valence-electron chi connectivity index (χ4n) is 1.65. The van der Waals surface area contributed by atoms with Crippen LogP contribution in [0.2, 0.25) is 0 Å². The van der Waals surface area contributed by atoms with E-state index in [2.05, 4.69) is 15.9 Å². The monoisotopic (exact) mass is 337 g/mol. The van der Waals surface area contributed by atoms with E-state index in [-0.39, 0.29) is 6.61 Å². The zero-order valence-corrected chi connectivity index (χ0v) is 12.4. The Morgan fingerprint density at radius 1 is 1.35 bits per heavy atom. The van der Waals surface area contributed by atoms with Crippen LogP contribution in [0.4, 0.5) is 10.1 Å². The molecule has 0 aliphatic carbocycles. The van der Waals surface area contributed by atoms with Crippen LogP contribution in [0.3, 0.4) is 0 Å². The highest BCUT2D eigenvalue weighted by Crippen LogP contribution is 2.21. The lowest BCUT2D eigenvalue weighted by molar-refractivity contribution is 0.0471. The molecule has 5 heteroatoms. The second-order valence-corrected chi connectivity index (χ2v) is 5.15. The van der Waals surface area contributed by atoms with Gasteiger partial charge in [0.15, 0.2) is 0 Å². The first-order valence-corrected chi connectivity index (χ1v) is 6.74. The van der Waals surface area contributed by atoms with Crippen molar-refractivity contribution in [3.8, 4) is 0 Å². The van der Waals surface area contributed by atoms with Crippen LogP contribution in [-0.4, -0.2) is 5.97 Å². The largest absolute Gasteiger partial charge is 0.457 e. The normalized spacial score (nSPS) is 10.3. The lowest BCUT2D eigenvalue weighted by Gasteiger charge is -2.08. The molecule has 2 aromatic carbocycles. The van der Waals surface area contributed by atoms with E-state index in [1.807, 2.05) is 6.92 Å². The van der Waals surface area contributed by atoms with Crippen molar-refractivity contribution in [2.45, 2.75) is 13.5 Å². The zero-order chi connectivity index (χ0) is 14.7. The Labute approximate surface area is 124 Å². The molecule has 0 spiro atoms. The number of carbonyl (C=O) groups is 1. The van der Waals surface area contributed by atoms with Gasteiger partial charge in [0.25, 0.3) is 0 Å². The fourth-order valence-corrected chi connectivity index (χ4v) is 2.03. The molecular weight excluding hydrogens is 325 g/mol. The first-order valence-electron chi connectivity index (χ1n) is 5.95. The van der Waals surface area contributed by atoms with Gasteiger partial charge >= 0.3 is 5.97 Å². The SMILES string of the molecule is Cc1ccc(C(=O)OCc2cccc(F)c2Br)cc1N. The number of nitrogens with two attached hydrogens (primary N) is 1. The number of hydrogen-bond acceptors (Lipinski definition) is 3. The summed E-state index contributed by atoms with van der Waals surface area (Å²) in [6, 6.07) is 9.55. The molecule has 0 fully saturated rings. The van der Waals surface area contributed by atoms with E-state index in [1.54, 1.807) is 30.3 Å². The minimum absolute atomic E-state index is 0.00897. The number of anilines is 1. The van der Waals surface area contributed by atoms with E-state index in [1.165, 1.54) is 6.07 Å². The number of rotatable bonds is 3. The number of aryl methyl sites for hydroxylation is 1. The Hall–Kier alpha value is -1.88. The molecule has 0 atom stereocenters. The molecule has 0 amide bonds. The quantitative estimate of drug-likeness (QED) is 0.683. The minimum Gasteiger partial charge on any atom is -0.457 e. The topological polar surface area (TPSA) is 52.3 Å². The number of halogens is 2. The van der Waals surface area contributed by atoms with Gasteiger partial charge in [0, 0.05) is 11.3 Å². The van der Waals surface area contributed by atoms with Crippen LogP contribution < -0.4 is 5.73 Å². The molecular formula is C15H13BrFNO2. The second-order valence-electron chi connectivity index (χ2n) is 4.36. The van der Waals surface area contributed by atoms with Crippen LogP contribution in [0, 0.1) is 12.7 Å². The van der Waals surface area contributed by atoms with Crippen molar-refractivity contribution in [1.82, 2.24) is 0 Å². The van der Waals surface area contributed by atoms with Gasteiger partial charge < -0.3 is 10.5 Å². The standard InChI is InChI=1S/C15H13BrFNO2/c1-9-5-6-10(7-13(9)18)15(19)20-8-11-3-2-4-12(17)14(11)16/h2-7H,8,18H2,1H3. The van der Waals surface area contributed by atoms with Crippen molar-refractivity contribution in [1.29, 1.82) is 0 Å². The van der Waals surface area contributed by atoms with Crippen molar-refractivity contribution in [2.75, 3.05) is 5.73 Å². The molecule has 0 aliphatic heterocycles. The summed E-state index contributed by atoms with van der Waals surface area (Å²) in [6.45, 7) is 1.85. The molecule has 2 N–H and O–H groups in total. The average Bonchev–Trinajstić information content (AvgIpc) is 2.43. The van der Waals surface area contributed by atoms with Gasteiger partial charge in [-0.25, -0.2) is 9.18 Å². The predicted molar refractivity (Wildman–Crippen MR) is 78.8 cm³/mol. The highest BCUT2D eigenvalue weighted by atomic mass is 79.9. The molecule has 3 nitrogen and oxygen atoms in total. The van der Waals surface area contributed by atoms with Gasteiger partial charge in [-0.3, -0.25) is 0 Å². The van der Waals surface area contributed by atoms with Crippen molar-refractivity contribution < 1.29 is 13.9 Å². The maximum absolute atomic E-state index is 13.3. The molecule has 104 valence electrons. The van der Waals surface area contributed by atoms with Crippen LogP contribution >= 0.6 is 15.9 Å². The third-order valence-corrected chi connectivity index (χ3v) is 3.79. The van der Waals surface area contributed by atoms with Gasteiger partial charge in [0.05, 0.1) is 10.0 Å². The Balaban J connectivity index is 2.08. The molecule has 2 rings (SSSR count). The Morgan fingerprint density at radius 2 is 2.10 bits per heavy atom. The summed E-state index contributed by atoms with van der Waals surface area (Å²) in [7, 11) is 0. The number of ether oxygens (including phenoxy) is 1. The summed E-state index contributed by atoms with van der Waals surface area (Å²) in [6.07, 6.45) is 0. The molecule has 0 radical (unpaired) electrons. The molecule has 2 aromatic rings. The number of benzene rings is 2. The Bertz CT molecular complexity index is 658. The number of nitrogen functional groups attached to an aromatic ring is 1. The van der Waals surface area contributed by atoms with Gasteiger partial charge in [-0.15, -0.1) is 0 Å². The van der Waals surface area contributed by atoms with Crippen LogP contribution in [-0.2, 0) is 11.3 Å². The molecule has 0 heterocycles. The number of hydrogen-bond donors (Lipinski definition) is 1. The highest BCUT2D eigenvalue weighted by Gasteiger charge is 2.11. The van der Waals surface area contributed by atoms with E-state index in [0.717, 1.165) is 5.56 Å². The van der Waals surface area contributed by atoms with Gasteiger partial charge in [-0.1, -0.05) is 18.2 Å². The summed E-state index contributed by atoms with van der Waals surface area (Å²) in [4.78, 5) is 11.9. The van der Waals surface area contributed by atoms with Gasteiger partial charge in [0.2, 0.25) is 0 Å². The van der Waals surface area contributed by atoms with Crippen molar-refractivity contribution in [3.05, 3.63) is 63.4 Å². The van der Waals surface area contributed by atoms with Crippen LogP contribution in [0.25, 0.3) is 0 Å².